The van der Waals surface area contributed by atoms with Crippen LogP contribution in [0.1, 0.15) is 55.7 Å². The van der Waals surface area contributed by atoms with Crippen molar-refractivity contribution in [1.82, 2.24) is 4.90 Å². The molecule has 0 amide bonds. The van der Waals surface area contributed by atoms with E-state index >= 15 is 0 Å². The molecule has 0 unspecified atom stereocenters. The van der Waals surface area contributed by atoms with Gasteiger partial charge in [0.2, 0.25) is 5.69 Å². The van der Waals surface area contributed by atoms with E-state index in [1.165, 1.54) is 12.1 Å². The second kappa shape index (κ2) is 13.3. The summed E-state index contributed by atoms with van der Waals surface area (Å²) in [6, 6.07) is 7.07. The first kappa shape index (κ1) is 28.6. The van der Waals surface area contributed by atoms with Crippen LogP contribution in [0.3, 0.4) is 0 Å². The van der Waals surface area contributed by atoms with Gasteiger partial charge in [-0.05, 0) is 23.6 Å². The molecule has 168 valence electrons. The Balaban J connectivity index is 0.00000166. The Kier molecular flexibility index (Phi) is 11.9. The summed E-state index contributed by atoms with van der Waals surface area (Å²) >= 11 is 0. The maximum Gasteiger partial charge on any atom is 2.00 e. The number of nitrogens with zero attached hydrogens (tertiary/aromatic N) is 3. The number of rotatable bonds is 7. The van der Waals surface area contributed by atoms with Gasteiger partial charge in [-0.1, -0.05) is 34.1 Å². The predicted octanol–water partition coefficient (Wildman–Crippen LogP) is 2.62. The summed E-state index contributed by atoms with van der Waals surface area (Å²) in [6.07, 6.45) is 2.22. The third-order valence-corrected chi connectivity index (χ3v) is 5.28. The van der Waals surface area contributed by atoms with Gasteiger partial charge < -0.3 is 14.8 Å². The molecule has 0 bridgehead atoms. The number of aliphatic imine (C=N–C) groups is 1. The molecule has 1 aromatic carbocycles. The molecule has 0 fully saturated rings. The Hall–Kier alpha value is -1.48. The van der Waals surface area contributed by atoms with E-state index in [0.29, 0.717) is 43.0 Å². The van der Waals surface area contributed by atoms with Crippen LogP contribution in [-0.4, -0.2) is 82.3 Å². The maximum atomic E-state index is 14.8. The van der Waals surface area contributed by atoms with E-state index in [9.17, 15) is 18.7 Å². The molecule has 5 nitrogen and oxygen atoms in total. The number of hydrogen-bond donors (Lipinski definition) is 0. The summed E-state index contributed by atoms with van der Waals surface area (Å²) in [5.41, 5.74) is 0.838. The van der Waals surface area contributed by atoms with Crippen molar-refractivity contribution in [3.05, 3.63) is 70.9 Å². The molecule has 8 heteroatoms. The van der Waals surface area contributed by atoms with Crippen LogP contribution in [0.4, 0.5) is 8.78 Å². The minimum atomic E-state index is -1.27. The van der Waals surface area contributed by atoms with Gasteiger partial charge in [0, 0.05) is 25.7 Å². The van der Waals surface area contributed by atoms with Crippen LogP contribution in [-0.2, 0) is 6.54 Å². The molecule has 0 spiro atoms. The van der Waals surface area contributed by atoms with Gasteiger partial charge in [0.25, 0.3) is 0 Å². The number of aromatic carboxylic acids is 1. The van der Waals surface area contributed by atoms with Crippen molar-refractivity contribution in [1.29, 1.82) is 0 Å². The zero-order chi connectivity index (χ0) is 23.1. The first-order chi connectivity index (χ1) is 14.8. The van der Waals surface area contributed by atoms with Crippen molar-refractivity contribution in [3.8, 4) is 0 Å². The molecule has 1 atom stereocenters. The molecule has 2 aromatic rings. The van der Waals surface area contributed by atoms with Crippen LogP contribution in [0.15, 0.2) is 41.5 Å². The van der Waals surface area contributed by atoms with Crippen molar-refractivity contribution in [2.75, 3.05) is 20.1 Å². The normalized spacial score (nSPS) is 13.5. The molecular weight excluding hydrogens is 488 g/mol. The molecular formula is C24H30F2N3O2Sr+. The molecule has 1 aliphatic heterocycles. The Labute approximate surface area is 226 Å². The van der Waals surface area contributed by atoms with Crippen LogP contribution in [0.2, 0.25) is 0 Å². The van der Waals surface area contributed by atoms with Crippen LogP contribution >= 0.6 is 0 Å². The van der Waals surface area contributed by atoms with Crippen LogP contribution in [0, 0.1) is 23.5 Å². The number of hydrogen-bond acceptors (Lipinski definition) is 4. The second-order valence-electron chi connectivity index (χ2n) is 7.24. The van der Waals surface area contributed by atoms with Crippen molar-refractivity contribution in [2.24, 2.45) is 10.9 Å². The third-order valence-electron chi connectivity index (χ3n) is 5.28. The Morgan fingerprint density at radius 1 is 1.31 bits per heavy atom. The summed E-state index contributed by atoms with van der Waals surface area (Å²) in [7, 11) is 1.83. The minimum Gasteiger partial charge on any atom is -0.539 e. The van der Waals surface area contributed by atoms with Gasteiger partial charge in [0.15, 0.2) is 6.20 Å². The summed E-state index contributed by atoms with van der Waals surface area (Å²) in [5, 5.41) is 11.4. The molecule has 3 rings (SSSR count). The van der Waals surface area contributed by atoms with E-state index < -0.39 is 17.6 Å². The Morgan fingerprint density at radius 3 is 2.56 bits per heavy atom. The molecule has 1 aromatic heterocycles. The number of pyridine rings is 1. The molecule has 1 aliphatic rings. The van der Waals surface area contributed by atoms with Crippen LogP contribution in [0.25, 0.3) is 0 Å². The van der Waals surface area contributed by atoms with Gasteiger partial charge in [-0.2, -0.15) is 16.0 Å². The number of likely N-dealkylation sites (N-methyl/N-ethyl adjacent to an activating group) is 1. The van der Waals surface area contributed by atoms with Crippen molar-refractivity contribution < 1.29 is 23.2 Å². The molecule has 2 heterocycles. The summed E-state index contributed by atoms with van der Waals surface area (Å²) < 4.78 is 30.6. The SMILES string of the molecule is CC.CC[C-](c1cc(F)cc(F)c1C1=NCCN1C)[C@@H](C)C[n+]1ccccc1C(=O)[O-].[Sr+2]. The molecule has 32 heavy (non-hydrogen) atoms. The first-order valence-corrected chi connectivity index (χ1v) is 10.6. The number of carboxylic acids is 1. The number of amidine groups is 1. The van der Waals surface area contributed by atoms with Gasteiger partial charge in [-0.3, -0.25) is 4.99 Å². The largest absolute Gasteiger partial charge is 2.00 e. The first-order valence-electron chi connectivity index (χ1n) is 10.6. The third kappa shape index (κ3) is 6.53. The standard InChI is InChI=1S/C22H25F2N3O2.C2H6.Sr/c1-4-16(14(2)13-27-9-6-5-7-19(27)22(28)29)17-11-15(23)12-18(24)20(17)21-25-8-10-26(21)3;1-2;/h5-7,9,11-12,14H,4,8,10,13H2,1-3H3,(H,28,29);1-2H3;/q;;+2/p-1/t14-;;/m0../s1. The second-order valence-corrected chi connectivity index (χ2v) is 7.24. The van der Waals surface area contributed by atoms with E-state index in [2.05, 4.69) is 4.99 Å². The predicted molar refractivity (Wildman–Crippen MR) is 120 cm³/mol. The van der Waals surface area contributed by atoms with E-state index in [1.54, 1.807) is 22.9 Å². The molecule has 0 radical (unpaired) electrons. The zero-order valence-corrected chi connectivity index (χ0v) is 23.0. The molecule has 0 saturated heterocycles. The molecule has 0 N–H and O–H groups in total. The average molecular weight is 518 g/mol. The van der Waals surface area contributed by atoms with E-state index in [0.717, 1.165) is 12.0 Å². The quantitative estimate of drug-likeness (QED) is 0.322. The minimum absolute atomic E-state index is 0. The summed E-state index contributed by atoms with van der Waals surface area (Å²) in [5.74, 6) is -1.38. The number of benzene rings is 1. The van der Waals surface area contributed by atoms with Crippen LogP contribution < -0.4 is 9.67 Å². The van der Waals surface area contributed by atoms with Gasteiger partial charge in [-0.25, -0.2) is 8.78 Å². The fourth-order valence-electron chi connectivity index (χ4n) is 3.89. The number of aromatic nitrogens is 1. The molecule has 0 aliphatic carbocycles. The Morgan fingerprint density at radius 2 is 2.00 bits per heavy atom. The van der Waals surface area contributed by atoms with Crippen molar-refractivity contribution in [2.45, 2.75) is 40.7 Å². The number of carbonyl (C=O) groups is 1. The smallest absolute Gasteiger partial charge is 0.539 e. The van der Waals surface area contributed by atoms with Gasteiger partial charge in [0.1, 0.15) is 12.5 Å². The maximum absolute atomic E-state index is 14.8. The van der Waals surface area contributed by atoms with Gasteiger partial charge >= 0.3 is 45.5 Å². The Bertz CT molecular complexity index is 953. The van der Waals surface area contributed by atoms with Crippen molar-refractivity contribution >= 4 is 57.3 Å². The summed E-state index contributed by atoms with van der Waals surface area (Å²) in [6.45, 7) is 9.43. The zero-order valence-electron chi connectivity index (χ0n) is 19.5. The summed E-state index contributed by atoms with van der Waals surface area (Å²) in [4.78, 5) is 17.7. The van der Waals surface area contributed by atoms with E-state index in [-0.39, 0.29) is 57.1 Å². The number of carboxylic acid groups (broad SMARTS) is 1. The molecule has 0 saturated carbocycles. The van der Waals surface area contributed by atoms with Gasteiger partial charge in [0.05, 0.1) is 24.0 Å². The van der Waals surface area contributed by atoms with Crippen LogP contribution in [0.5, 0.6) is 0 Å². The topological polar surface area (TPSA) is 59.6 Å². The van der Waals surface area contributed by atoms with Crippen molar-refractivity contribution in [3.63, 3.8) is 0 Å². The monoisotopic (exact) mass is 518 g/mol. The van der Waals surface area contributed by atoms with E-state index in [4.69, 9.17) is 0 Å². The van der Waals surface area contributed by atoms with Gasteiger partial charge in [-0.15, -0.1) is 6.07 Å². The average Bonchev–Trinajstić information content (AvgIpc) is 3.15. The number of carbonyl (C=O) groups excluding carboxylic acids is 1. The fourth-order valence-corrected chi connectivity index (χ4v) is 3.89. The number of halogens is 2. The van der Waals surface area contributed by atoms with E-state index in [1.807, 2.05) is 39.6 Å². The fraction of sp³-hybridized carbons (Fsp3) is 0.417.